The molecule has 194 valence electrons. The summed E-state index contributed by atoms with van der Waals surface area (Å²) in [7, 11) is 0. The van der Waals surface area contributed by atoms with Crippen molar-refractivity contribution in [2.75, 3.05) is 6.54 Å². The first-order chi connectivity index (χ1) is 17.7. The van der Waals surface area contributed by atoms with Crippen LogP contribution < -0.4 is 0 Å². The molecule has 0 amide bonds. The number of alkyl halides is 3. The fourth-order valence-corrected chi connectivity index (χ4v) is 4.66. The molecule has 0 radical (unpaired) electrons. The quantitative estimate of drug-likeness (QED) is 0.229. The van der Waals surface area contributed by atoms with Crippen LogP contribution in [0.1, 0.15) is 78.3 Å². The molecule has 1 aliphatic rings. The summed E-state index contributed by atoms with van der Waals surface area (Å²) in [5.41, 5.74) is 2.97. The van der Waals surface area contributed by atoms with Gasteiger partial charge >= 0.3 is 6.18 Å². The molecule has 0 aliphatic carbocycles. The number of hydrogen-bond acceptors (Lipinski definition) is 5. The number of hydrogen-bond donors (Lipinski definition) is 0. The number of carbonyl (C=O) groups is 2. The minimum atomic E-state index is -4.54. The predicted octanol–water partition coefficient (Wildman–Crippen LogP) is 6.14. The summed E-state index contributed by atoms with van der Waals surface area (Å²) in [6.07, 6.45) is 5.65. The number of aliphatic imine (C=N–C) groups is 1. The number of ketones is 2. The SMILES string of the molecule is CCCC(=O)CCCCC(=O)c1ccc(Cc2nccn3c(C4=CCN=C4C(F)(F)F)cnc23)cc1C. The number of carbonyl (C=O) groups excluding carboxylic acids is 2. The van der Waals surface area contributed by atoms with Crippen LogP contribution in [-0.2, 0) is 11.2 Å². The number of nitrogens with zero attached hydrogens (tertiary/aromatic N) is 4. The van der Waals surface area contributed by atoms with E-state index in [1.807, 2.05) is 32.0 Å². The second kappa shape index (κ2) is 11.2. The second-order valence-electron chi connectivity index (χ2n) is 9.26. The summed E-state index contributed by atoms with van der Waals surface area (Å²) in [6, 6.07) is 5.61. The Balaban J connectivity index is 1.46. The van der Waals surface area contributed by atoms with Gasteiger partial charge in [0.2, 0.25) is 0 Å². The highest BCUT2D eigenvalue weighted by atomic mass is 19.4. The van der Waals surface area contributed by atoms with E-state index in [9.17, 15) is 22.8 Å². The van der Waals surface area contributed by atoms with E-state index >= 15 is 0 Å². The number of halogens is 3. The molecule has 0 saturated carbocycles. The minimum Gasteiger partial charge on any atom is -0.300 e. The van der Waals surface area contributed by atoms with Crippen LogP contribution >= 0.6 is 0 Å². The van der Waals surface area contributed by atoms with E-state index in [2.05, 4.69) is 15.0 Å². The summed E-state index contributed by atoms with van der Waals surface area (Å²) < 4.78 is 41.8. The van der Waals surface area contributed by atoms with Gasteiger partial charge in [-0.15, -0.1) is 0 Å². The van der Waals surface area contributed by atoms with Crippen molar-refractivity contribution in [2.45, 2.75) is 65.0 Å². The molecule has 9 heteroatoms. The molecule has 0 spiro atoms. The van der Waals surface area contributed by atoms with Crippen LogP contribution in [0, 0.1) is 6.92 Å². The first-order valence-corrected chi connectivity index (χ1v) is 12.5. The number of benzene rings is 1. The number of aryl methyl sites for hydroxylation is 1. The molecule has 1 aliphatic heterocycles. The Morgan fingerprint density at radius 1 is 1.08 bits per heavy atom. The van der Waals surface area contributed by atoms with Crippen LogP contribution in [-0.4, -0.2) is 44.4 Å². The molecule has 37 heavy (non-hydrogen) atoms. The molecule has 0 bridgehead atoms. The zero-order valence-electron chi connectivity index (χ0n) is 20.9. The maximum Gasteiger partial charge on any atom is 0.433 e. The number of fused-ring (bicyclic) bond motifs is 1. The summed E-state index contributed by atoms with van der Waals surface area (Å²) in [6.45, 7) is 3.85. The van der Waals surface area contributed by atoms with Crippen molar-refractivity contribution in [2.24, 2.45) is 4.99 Å². The molecule has 0 N–H and O–H groups in total. The van der Waals surface area contributed by atoms with Gasteiger partial charge in [0.25, 0.3) is 0 Å². The minimum absolute atomic E-state index is 0.0172. The zero-order valence-corrected chi connectivity index (χ0v) is 20.9. The summed E-state index contributed by atoms with van der Waals surface area (Å²) >= 11 is 0. The zero-order chi connectivity index (χ0) is 26.6. The molecule has 0 unspecified atom stereocenters. The van der Waals surface area contributed by atoms with Crippen molar-refractivity contribution in [1.82, 2.24) is 14.4 Å². The van der Waals surface area contributed by atoms with Gasteiger partial charge in [0, 0.05) is 49.2 Å². The topological polar surface area (TPSA) is 76.7 Å². The van der Waals surface area contributed by atoms with Crippen LogP contribution in [0.2, 0.25) is 0 Å². The Morgan fingerprint density at radius 3 is 2.59 bits per heavy atom. The molecule has 3 heterocycles. The van der Waals surface area contributed by atoms with Gasteiger partial charge in [-0.25, -0.2) is 4.98 Å². The number of unbranched alkanes of at least 4 members (excludes halogenated alkanes) is 1. The molecule has 4 rings (SSSR count). The molecule has 0 saturated heterocycles. The van der Waals surface area contributed by atoms with Gasteiger partial charge in [-0.1, -0.05) is 31.2 Å². The van der Waals surface area contributed by atoms with Crippen LogP contribution in [0.3, 0.4) is 0 Å². The predicted molar refractivity (Wildman–Crippen MR) is 136 cm³/mol. The average molecular weight is 511 g/mol. The van der Waals surface area contributed by atoms with E-state index < -0.39 is 11.9 Å². The third kappa shape index (κ3) is 6.03. The second-order valence-corrected chi connectivity index (χ2v) is 9.26. The number of Topliss-reactive ketones (excluding diaryl/α,β-unsaturated/α-hetero) is 2. The van der Waals surface area contributed by atoms with Gasteiger partial charge in [0.05, 0.1) is 24.1 Å². The largest absolute Gasteiger partial charge is 0.433 e. The maximum absolute atomic E-state index is 13.4. The lowest BCUT2D eigenvalue weighted by molar-refractivity contribution is -0.119. The van der Waals surface area contributed by atoms with Crippen LogP contribution in [0.5, 0.6) is 0 Å². The Morgan fingerprint density at radius 2 is 1.86 bits per heavy atom. The number of rotatable bonds is 11. The van der Waals surface area contributed by atoms with Crippen molar-refractivity contribution in [3.63, 3.8) is 0 Å². The van der Waals surface area contributed by atoms with E-state index in [0.29, 0.717) is 54.7 Å². The van der Waals surface area contributed by atoms with E-state index in [1.54, 1.807) is 16.8 Å². The molecule has 3 aromatic rings. The highest BCUT2D eigenvalue weighted by molar-refractivity contribution is 6.27. The Bertz CT molecular complexity index is 1390. The van der Waals surface area contributed by atoms with Crippen molar-refractivity contribution in [3.8, 4) is 0 Å². The number of imidazole rings is 1. The van der Waals surface area contributed by atoms with Gasteiger partial charge in [0.1, 0.15) is 11.5 Å². The highest BCUT2D eigenvalue weighted by Crippen LogP contribution is 2.32. The molecular formula is C28H29F3N4O2. The third-order valence-corrected chi connectivity index (χ3v) is 6.45. The summed E-state index contributed by atoms with van der Waals surface area (Å²) in [5.74, 6) is 0.301. The molecule has 0 fully saturated rings. The maximum atomic E-state index is 13.4. The average Bonchev–Trinajstić information content (AvgIpc) is 3.49. The molecule has 1 aromatic carbocycles. The molecular weight excluding hydrogens is 481 g/mol. The Labute approximate surface area is 213 Å². The molecule has 0 atom stereocenters. The van der Waals surface area contributed by atoms with Crippen molar-refractivity contribution < 1.29 is 22.8 Å². The van der Waals surface area contributed by atoms with Gasteiger partial charge in [-0.2, -0.15) is 13.2 Å². The van der Waals surface area contributed by atoms with Crippen LogP contribution in [0.15, 0.2) is 47.9 Å². The van der Waals surface area contributed by atoms with Gasteiger partial charge in [-0.3, -0.25) is 24.0 Å². The monoisotopic (exact) mass is 510 g/mol. The lowest BCUT2D eigenvalue weighted by atomic mass is 9.96. The van der Waals surface area contributed by atoms with Gasteiger partial charge < -0.3 is 0 Å². The van der Waals surface area contributed by atoms with E-state index in [-0.39, 0.29) is 23.7 Å². The molecule has 2 aromatic heterocycles. The lowest BCUT2D eigenvalue weighted by Crippen LogP contribution is -2.23. The fourth-order valence-electron chi connectivity index (χ4n) is 4.66. The fraction of sp³-hybridized carbons (Fsp3) is 0.393. The molecule has 6 nitrogen and oxygen atoms in total. The first kappa shape index (κ1) is 26.4. The lowest BCUT2D eigenvalue weighted by Gasteiger charge is -2.11. The van der Waals surface area contributed by atoms with Crippen molar-refractivity contribution >= 4 is 28.5 Å². The Hall–Kier alpha value is -3.62. The summed E-state index contributed by atoms with van der Waals surface area (Å²) in [5, 5.41) is 0. The van der Waals surface area contributed by atoms with Crippen molar-refractivity contribution in [1.29, 1.82) is 0 Å². The van der Waals surface area contributed by atoms with Crippen LogP contribution in [0.25, 0.3) is 11.2 Å². The normalized spacial score (nSPS) is 13.6. The number of aromatic nitrogens is 3. The standard InChI is InChI=1S/C28H29F3N4O2/c1-3-6-20(36)7-4-5-8-25(37)21-10-9-19(15-18(21)2)16-23-27-34-17-24(35(27)14-13-32-23)22-11-12-33-26(22)28(29,30)31/h9-11,13-15,17H,3-8,12,16H2,1-2H3. The van der Waals surface area contributed by atoms with Crippen molar-refractivity contribution in [3.05, 3.63) is 70.9 Å². The Kier molecular flexibility index (Phi) is 8.00. The highest BCUT2D eigenvalue weighted by Gasteiger charge is 2.40. The third-order valence-electron chi connectivity index (χ3n) is 6.45. The summed E-state index contributed by atoms with van der Waals surface area (Å²) in [4.78, 5) is 36.8. The van der Waals surface area contributed by atoms with Gasteiger partial charge in [0.15, 0.2) is 11.4 Å². The van der Waals surface area contributed by atoms with Crippen LogP contribution in [0.4, 0.5) is 13.2 Å². The van der Waals surface area contributed by atoms with E-state index in [0.717, 1.165) is 24.0 Å². The number of allylic oxidation sites excluding steroid dienone is 1. The smallest absolute Gasteiger partial charge is 0.300 e. The van der Waals surface area contributed by atoms with E-state index in [1.165, 1.54) is 12.3 Å². The first-order valence-electron chi connectivity index (χ1n) is 12.5. The van der Waals surface area contributed by atoms with Gasteiger partial charge in [-0.05, 0) is 37.3 Å². The van der Waals surface area contributed by atoms with E-state index in [4.69, 9.17) is 0 Å².